The molecule has 4 aromatic rings. The van der Waals surface area contributed by atoms with Crippen LogP contribution in [0.1, 0.15) is 21.5 Å². The second-order valence-electron chi connectivity index (χ2n) is 6.96. The molecule has 7 nitrogen and oxygen atoms in total. The minimum Gasteiger partial charge on any atom is -0.478 e. The number of nitrogens with zero attached hydrogens (tertiary/aromatic N) is 1. The van der Waals surface area contributed by atoms with E-state index in [9.17, 15) is 13.2 Å². The Morgan fingerprint density at radius 1 is 1.03 bits per heavy atom. The molecule has 0 saturated carbocycles. The summed E-state index contributed by atoms with van der Waals surface area (Å²) >= 11 is 0. The zero-order valence-corrected chi connectivity index (χ0v) is 16.9. The highest BCUT2D eigenvalue weighted by Crippen LogP contribution is 2.23. The number of rotatable bonds is 6. The number of imidazole rings is 1. The van der Waals surface area contributed by atoms with Crippen molar-refractivity contribution < 1.29 is 18.3 Å². The van der Waals surface area contributed by atoms with E-state index in [0.29, 0.717) is 22.4 Å². The highest BCUT2D eigenvalue weighted by atomic mass is 32.2. The van der Waals surface area contributed by atoms with Gasteiger partial charge in [-0.15, -0.1) is 0 Å². The molecule has 0 bridgehead atoms. The maximum absolute atomic E-state index is 12.6. The third-order valence-electron chi connectivity index (χ3n) is 4.75. The molecule has 0 amide bonds. The second-order valence-corrected chi connectivity index (χ2v) is 8.72. The normalized spacial score (nSPS) is 11.6. The van der Waals surface area contributed by atoms with Crippen molar-refractivity contribution in [2.24, 2.45) is 0 Å². The Balaban J connectivity index is 1.53. The molecule has 0 aliphatic heterocycles. The third-order valence-corrected chi connectivity index (χ3v) is 6.17. The third kappa shape index (κ3) is 4.10. The summed E-state index contributed by atoms with van der Waals surface area (Å²) in [6.45, 7) is 2.18. The number of hydrogen-bond donors (Lipinski definition) is 3. The van der Waals surface area contributed by atoms with E-state index in [0.717, 1.165) is 11.1 Å². The van der Waals surface area contributed by atoms with Crippen LogP contribution in [0.4, 0.5) is 0 Å². The Labute approximate surface area is 173 Å². The molecule has 8 heteroatoms. The van der Waals surface area contributed by atoms with E-state index in [-0.39, 0.29) is 17.0 Å². The first kappa shape index (κ1) is 19.8. The Bertz CT molecular complexity index is 1330. The lowest BCUT2D eigenvalue weighted by Gasteiger charge is -2.08. The van der Waals surface area contributed by atoms with Gasteiger partial charge in [0.15, 0.2) is 0 Å². The number of carbonyl (C=O) groups is 1. The molecule has 1 heterocycles. The van der Waals surface area contributed by atoms with E-state index in [1.807, 2.05) is 31.2 Å². The van der Waals surface area contributed by atoms with Crippen molar-refractivity contribution in [3.05, 3.63) is 83.4 Å². The van der Waals surface area contributed by atoms with Gasteiger partial charge in [0.25, 0.3) is 0 Å². The topological polar surface area (TPSA) is 112 Å². The van der Waals surface area contributed by atoms with Gasteiger partial charge in [-0.25, -0.2) is 22.9 Å². The van der Waals surface area contributed by atoms with E-state index >= 15 is 0 Å². The van der Waals surface area contributed by atoms with Gasteiger partial charge in [0, 0.05) is 12.1 Å². The van der Waals surface area contributed by atoms with Gasteiger partial charge in [-0.3, -0.25) is 0 Å². The minimum atomic E-state index is -3.65. The number of aromatic nitrogens is 2. The fourth-order valence-corrected chi connectivity index (χ4v) is 4.06. The molecule has 0 radical (unpaired) electrons. The van der Waals surface area contributed by atoms with Crippen molar-refractivity contribution in [2.45, 2.75) is 18.4 Å². The van der Waals surface area contributed by atoms with Gasteiger partial charge in [-0.2, -0.15) is 0 Å². The minimum absolute atomic E-state index is 0.155. The van der Waals surface area contributed by atoms with E-state index in [2.05, 4.69) is 14.7 Å². The van der Waals surface area contributed by atoms with Gasteiger partial charge < -0.3 is 10.1 Å². The molecule has 0 fully saturated rings. The molecule has 1 aromatic heterocycles. The smallest absolute Gasteiger partial charge is 0.335 e. The lowest BCUT2D eigenvalue weighted by molar-refractivity contribution is 0.0697. The SMILES string of the molecule is Cc1ccc(CNS(=O)(=O)c2ccc(-c3nc4ccc(C(=O)O)cc4[nH]3)cc2)cc1. The van der Waals surface area contributed by atoms with E-state index in [1.165, 1.54) is 24.3 Å². The van der Waals surface area contributed by atoms with Crippen molar-refractivity contribution in [1.29, 1.82) is 0 Å². The fraction of sp³-hybridized carbons (Fsp3) is 0.0909. The van der Waals surface area contributed by atoms with Crippen molar-refractivity contribution >= 4 is 27.0 Å². The summed E-state index contributed by atoms with van der Waals surface area (Å²) in [7, 11) is -3.65. The summed E-state index contributed by atoms with van der Waals surface area (Å²) in [5.41, 5.74) is 4.08. The van der Waals surface area contributed by atoms with Crippen LogP contribution < -0.4 is 4.72 Å². The van der Waals surface area contributed by atoms with Crippen LogP contribution in [-0.2, 0) is 16.6 Å². The largest absolute Gasteiger partial charge is 0.478 e. The maximum Gasteiger partial charge on any atom is 0.335 e. The number of nitrogens with one attached hydrogen (secondary N) is 2. The molecule has 152 valence electrons. The standard InChI is InChI=1S/C22H19N3O4S/c1-14-2-4-15(5-3-14)13-23-30(28,29)18-9-6-16(7-10-18)21-24-19-11-8-17(22(26)27)12-20(19)25-21/h2-12,23H,13H2,1H3,(H,24,25)(H,26,27). The number of aromatic amines is 1. The summed E-state index contributed by atoms with van der Waals surface area (Å²) in [4.78, 5) is 18.8. The first-order chi connectivity index (χ1) is 14.3. The van der Waals surface area contributed by atoms with Crippen LogP contribution in [-0.4, -0.2) is 29.5 Å². The maximum atomic E-state index is 12.6. The van der Waals surface area contributed by atoms with Crippen LogP contribution in [0.3, 0.4) is 0 Å². The zero-order chi connectivity index (χ0) is 21.3. The van der Waals surface area contributed by atoms with Crippen LogP contribution in [0.2, 0.25) is 0 Å². The number of benzene rings is 3. The molecule has 3 N–H and O–H groups in total. The monoisotopic (exact) mass is 421 g/mol. The molecule has 4 rings (SSSR count). The van der Waals surface area contributed by atoms with Crippen molar-refractivity contribution in [1.82, 2.24) is 14.7 Å². The summed E-state index contributed by atoms with van der Waals surface area (Å²) < 4.78 is 27.7. The van der Waals surface area contributed by atoms with Crippen LogP contribution >= 0.6 is 0 Å². The zero-order valence-electron chi connectivity index (χ0n) is 16.1. The summed E-state index contributed by atoms with van der Waals surface area (Å²) in [6.07, 6.45) is 0. The van der Waals surface area contributed by atoms with Crippen molar-refractivity contribution in [3.8, 4) is 11.4 Å². The lowest BCUT2D eigenvalue weighted by atomic mass is 10.2. The Morgan fingerprint density at radius 3 is 2.40 bits per heavy atom. The highest BCUT2D eigenvalue weighted by molar-refractivity contribution is 7.89. The molecular formula is C22H19N3O4S. The van der Waals surface area contributed by atoms with Gasteiger partial charge in [-0.05, 0) is 55.0 Å². The van der Waals surface area contributed by atoms with Crippen LogP contribution in [0.5, 0.6) is 0 Å². The molecule has 30 heavy (non-hydrogen) atoms. The number of aryl methyl sites for hydroxylation is 1. The quantitative estimate of drug-likeness (QED) is 0.439. The molecule has 0 saturated heterocycles. The average molecular weight is 421 g/mol. The number of aromatic carboxylic acids is 1. The Morgan fingerprint density at radius 2 is 1.73 bits per heavy atom. The summed E-state index contributed by atoms with van der Waals surface area (Å²) in [6, 6.07) is 18.6. The molecule has 0 aliphatic carbocycles. The molecule has 0 unspecified atom stereocenters. The van der Waals surface area contributed by atoms with E-state index < -0.39 is 16.0 Å². The van der Waals surface area contributed by atoms with Crippen molar-refractivity contribution in [2.75, 3.05) is 0 Å². The number of carboxylic acid groups (broad SMARTS) is 1. The second kappa shape index (κ2) is 7.74. The van der Waals surface area contributed by atoms with Crippen molar-refractivity contribution in [3.63, 3.8) is 0 Å². The highest BCUT2D eigenvalue weighted by Gasteiger charge is 2.15. The number of sulfonamides is 1. The molecule has 0 aliphatic rings. The first-order valence-electron chi connectivity index (χ1n) is 9.20. The average Bonchev–Trinajstić information content (AvgIpc) is 3.17. The number of hydrogen-bond acceptors (Lipinski definition) is 4. The number of H-pyrrole nitrogens is 1. The number of fused-ring (bicyclic) bond motifs is 1. The molecule has 0 atom stereocenters. The fourth-order valence-electron chi connectivity index (χ4n) is 3.04. The Kier molecular flexibility index (Phi) is 5.11. The molecule has 3 aromatic carbocycles. The van der Waals surface area contributed by atoms with Gasteiger partial charge in [0.1, 0.15) is 5.82 Å². The summed E-state index contributed by atoms with van der Waals surface area (Å²) in [5, 5.41) is 9.11. The van der Waals surface area contributed by atoms with E-state index in [4.69, 9.17) is 5.11 Å². The Hall–Kier alpha value is -3.49. The predicted octanol–water partition coefficient (Wildman–Crippen LogP) is 3.72. The summed E-state index contributed by atoms with van der Waals surface area (Å²) in [5.74, 6) is -0.482. The van der Waals surface area contributed by atoms with Gasteiger partial charge in [0.05, 0.1) is 21.5 Å². The molecule has 0 spiro atoms. The van der Waals surface area contributed by atoms with Crippen LogP contribution in [0.15, 0.2) is 71.6 Å². The van der Waals surface area contributed by atoms with Crippen LogP contribution in [0, 0.1) is 6.92 Å². The van der Waals surface area contributed by atoms with E-state index in [1.54, 1.807) is 18.2 Å². The lowest BCUT2D eigenvalue weighted by Crippen LogP contribution is -2.23. The molecular weight excluding hydrogens is 402 g/mol. The first-order valence-corrected chi connectivity index (χ1v) is 10.7. The van der Waals surface area contributed by atoms with Gasteiger partial charge in [-0.1, -0.05) is 29.8 Å². The predicted molar refractivity (Wildman–Crippen MR) is 114 cm³/mol. The van der Waals surface area contributed by atoms with Gasteiger partial charge in [0.2, 0.25) is 10.0 Å². The number of carboxylic acids is 1. The van der Waals surface area contributed by atoms with Gasteiger partial charge >= 0.3 is 5.97 Å². The van der Waals surface area contributed by atoms with Crippen LogP contribution in [0.25, 0.3) is 22.4 Å².